The van der Waals surface area contributed by atoms with Crippen LogP contribution in [0.5, 0.6) is 5.75 Å². The molecule has 0 aliphatic heterocycles. The molecule has 76 valence electrons. The molecule has 0 saturated carbocycles. The molecule has 2 aromatic rings. The summed E-state index contributed by atoms with van der Waals surface area (Å²) in [6.07, 6.45) is 3.41. The number of halogens is 1. The fourth-order valence-corrected chi connectivity index (χ4v) is 1.53. The number of benzene rings is 1. The minimum atomic E-state index is 0.642. The van der Waals surface area contributed by atoms with Crippen LogP contribution < -0.4 is 4.74 Å². The standard InChI is InChI=1S/C12H10ClNO/c1-15-12-4-2-9(3-5-12)10-6-11(13)8-14-7-10/h2-8H,1H3. The summed E-state index contributed by atoms with van der Waals surface area (Å²) in [5, 5.41) is 0.642. The molecule has 1 heterocycles. The number of ether oxygens (including phenoxy) is 1. The molecular weight excluding hydrogens is 210 g/mol. The van der Waals surface area contributed by atoms with Gasteiger partial charge < -0.3 is 4.74 Å². The molecule has 0 amide bonds. The highest BCUT2D eigenvalue weighted by Gasteiger charge is 1.99. The van der Waals surface area contributed by atoms with Crippen LogP contribution in [0.3, 0.4) is 0 Å². The van der Waals surface area contributed by atoms with Crippen LogP contribution in [0, 0.1) is 0 Å². The number of pyridine rings is 1. The van der Waals surface area contributed by atoms with E-state index in [4.69, 9.17) is 16.3 Å². The molecule has 0 radical (unpaired) electrons. The summed E-state index contributed by atoms with van der Waals surface area (Å²) >= 11 is 5.87. The summed E-state index contributed by atoms with van der Waals surface area (Å²) in [5.74, 6) is 0.841. The van der Waals surface area contributed by atoms with Crippen LogP contribution in [0.2, 0.25) is 5.02 Å². The highest BCUT2D eigenvalue weighted by Crippen LogP contribution is 2.23. The second-order valence-electron chi connectivity index (χ2n) is 3.12. The smallest absolute Gasteiger partial charge is 0.118 e. The Balaban J connectivity index is 2.37. The number of rotatable bonds is 2. The van der Waals surface area contributed by atoms with Crippen LogP contribution in [-0.4, -0.2) is 12.1 Å². The van der Waals surface area contributed by atoms with Crippen molar-refractivity contribution in [2.24, 2.45) is 0 Å². The van der Waals surface area contributed by atoms with Crippen LogP contribution in [0.4, 0.5) is 0 Å². The second kappa shape index (κ2) is 4.32. The Hall–Kier alpha value is -1.54. The van der Waals surface area contributed by atoms with Crippen LogP contribution >= 0.6 is 11.6 Å². The van der Waals surface area contributed by atoms with Gasteiger partial charge in [0, 0.05) is 18.0 Å². The molecule has 3 heteroatoms. The summed E-state index contributed by atoms with van der Waals surface area (Å²) in [7, 11) is 1.65. The fourth-order valence-electron chi connectivity index (χ4n) is 1.35. The van der Waals surface area contributed by atoms with Gasteiger partial charge in [0.05, 0.1) is 12.1 Å². The van der Waals surface area contributed by atoms with Gasteiger partial charge in [0.25, 0.3) is 0 Å². The number of hydrogen-bond acceptors (Lipinski definition) is 2. The largest absolute Gasteiger partial charge is 0.497 e. The van der Waals surface area contributed by atoms with E-state index in [1.807, 2.05) is 30.3 Å². The lowest BCUT2D eigenvalue weighted by Gasteiger charge is -2.03. The number of methoxy groups -OCH3 is 1. The third-order valence-electron chi connectivity index (χ3n) is 2.13. The summed E-state index contributed by atoms with van der Waals surface area (Å²) in [5.41, 5.74) is 2.08. The maximum absolute atomic E-state index is 5.87. The second-order valence-corrected chi connectivity index (χ2v) is 3.56. The first-order valence-corrected chi connectivity index (χ1v) is 4.92. The van der Waals surface area contributed by atoms with Crippen molar-refractivity contribution in [2.45, 2.75) is 0 Å². The van der Waals surface area contributed by atoms with Crippen LogP contribution in [0.1, 0.15) is 0 Å². The summed E-state index contributed by atoms with van der Waals surface area (Å²) in [4.78, 5) is 4.04. The van der Waals surface area contributed by atoms with E-state index < -0.39 is 0 Å². The fraction of sp³-hybridized carbons (Fsp3) is 0.0833. The van der Waals surface area contributed by atoms with Crippen molar-refractivity contribution in [1.82, 2.24) is 4.98 Å². The molecule has 0 aliphatic rings. The van der Waals surface area contributed by atoms with Gasteiger partial charge >= 0.3 is 0 Å². The van der Waals surface area contributed by atoms with Crippen LogP contribution in [0.25, 0.3) is 11.1 Å². The van der Waals surface area contributed by atoms with E-state index in [-0.39, 0.29) is 0 Å². The third kappa shape index (κ3) is 2.28. The molecule has 2 nitrogen and oxygen atoms in total. The first-order valence-electron chi connectivity index (χ1n) is 4.54. The van der Waals surface area contributed by atoms with Gasteiger partial charge in [-0.25, -0.2) is 0 Å². The molecular formula is C12H10ClNO. The average molecular weight is 220 g/mol. The lowest BCUT2D eigenvalue weighted by Crippen LogP contribution is -1.83. The molecule has 2 rings (SSSR count). The molecule has 0 spiro atoms. The monoisotopic (exact) mass is 219 g/mol. The lowest BCUT2D eigenvalue weighted by molar-refractivity contribution is 0.415. The van der Waals surface area contributed by atoms with E-state index in [0.717, 1.165) is 16.9 Å². The molecule has 0 unspecified atom stereocenters. The van der Waals surface area contributed by atoms with E-state index in [1.165, 1.54) is 0 Å². The molecule has 0 atom stereocenters. The van der Waals surface area contributed by atoms with Crippen molar-refractivity contribution >= 4 is 11.6 Å². The Labute approximate surface area is 93.5 Å². The minimum absolute atomic E-state index is 0.642. The number of nitrogens with zero attached hydrogens (tertiary/aromatic N) is 1. The van der Waals surface area contributed by atoms with E-state index in [9.17, 15) is 0 Å². The zero-order valence-corrected chi connectivity index (χ0v) is 9.03. The molecule has 1 aromatic carbocycles. The highest BCUT2D eigenvalue weighted by atomic mass is 35.5. The topological polar surface area (TPSA) is 22.1 Å². The van der Waals surface area contributed by atoms with Crippen molar-refractivity contribution < 1.29 is 4.74 Å². The Morgan fingerprint density at radius 3 is 2.40 bits per heavy atom. The van der Waals surface area contributed by atoms with E-state index >= 15 is 0 Å². The average Bonchev–Trinajstić information content (AvgIpc) is 2.29. The van der Waals surface area contributed by atoms with Gasteiger partial charge in [-0.2, -0.15) is 0 Å². The van der Waals surface area contributed by atoms with Gasteiger partial charge in [0.15, 0.2) is 0 Å². The molecule has 0 saturated heterocycles. The maximum atomic E-state index is 5.87. The van der Waals surface area contributed by atoms with Crippen molar-refractivity contribution in [3.8, 4) is 16.9 Å². The van der Waals surface area contributed by atoms with Gasteiger partial charge in [0.1, 0.15) is 5.75 Å². The predicted octanol–water partition coefficient (Wildman–Crippen LogP) is 3.41. The summed E-state index contributed by atoms with van der Waals surface area (Å²) in [6, 6.07) is 9.67. The van der Waals surface area contributed by atoms with Gasteiger partial charge in [-0.15, -0.1) is 0 Å². The molecule has 0 N–H and O–H groups in total. The molecule has 0 fully saturated rings. The number of hydrogen-bond donors (Lipinski definition) is 0. The Kier molecular flexibility index (Phi) is 2.88. The summed E-state index contributed by atoms with van der Waals surface area (Å²) in [6.45, 7) is 0. The van der Waals surface area contributed by atoms with Crippen molar-refractivity contribution in [3.63, 3.8) is 0 Å². The lowest BCUT2D eigenvalue weighted by atomic mass is 10.1. The van der Waals surface area contributed by atoms with Crippen LogP contribution in [0.15, 0.2) is 42.7 Å². The Morgan fingerprint density at radius 2 is 1.80 bits per heavy atom. The summed E-state index contributed by atoms with van der Waals surface area (Å²) < 4.78 is 5.09. The normalized spacial score (nSPS) is 10.0. The molecule has 0 bridgehead atoms. The van der Waals surface area contributed by atoms with Crippen molar-refractivity contribution in [1.29, 1.82) is 0 Å². The Morgan fingerprint density at radius 1 is 1.07 bits per heavy atom. The zero-order valence-electron chi connectivity index (χ0n) is 8.27. The zero-order chi connectivity index (χ0) is 10.7. The van der Waals surface area contributed by atoms with Gasteiger partial charge in [-0.05, 0) is 23.8 Å². The Bertz CT molecular complexity index is 453. The minimum Gasteiger partial charge on any atom is -0.497 e. The first kappa shape index (κ1) is 9.99. The van der Waals surface area contributed by atoms with Crippen molar-refractivity contribution in [2.75, 3.05) is 7.11 Å². The molecule has 1 aromatic heterocycles. The molecule has 15 heavy (non-hydrogen) atoms. The van der Waals surface area contributed by atoms with Gasteiger partial charge in [-0.1, -0.05) is 23.7 Å². The first-order chi connectivity index (χ1) is 7.29. The van der Waals surface area contributed by atoms with E-state index in [0.29, 0.717) is 5.02 Å². The third-order valence-corrected chi connectivity index (χ3v) is 2.33. The van der Waals surface area contributed by atoms with Crippen LogP contribution in [-0.2, 0) is 0 Å². The highest BCUT2D eigenvalue weighted by molar-refractivity contribution is 6.30. The van der Waals surface area contributed by atoms with Crippen molar-refractivity contribution in [3.05, 3.63) is 47.7 Å². The SMILES string of the molecule is COc1ccc(-c2cncc(Cl)c2)cc1. The van der Waals surface area contributed by atoms with Gasteiger partial charge in [-0.3, -0.25) is 4.98 Å². The van der Waals surface area contributed by atoms with E-state index in [2.05, 4.69) is 4.98 Å². The number of aromatic nitrogens is 1. The molecule has 0 aliphatic carbocycles. The predicted molar refractivity (Wildman–Crippen MR) is 61.2 cm³/mol. The van der Waals surface area contributed by atoms with E-state index in [1.54, 1.807) is 19.5 Å². The van der Waals surface area contributed by atoms with Gasteiger partial charge in [0.2, 0.25) is 0 Å². The maximum Gasteiger partial charge on any atom is 0.118 e. The quantitative estimate of drug-likeness (QED) is 0.772.